The van der Waals surface area contributed by atoms with Crippen LogP contribution in [-0.4, -0.2) is 19.1 Å². The van der Waals surface area contributed by atoms with Crippen LogP contribution in [0, 0.1) is 10.1 Å². The molecule has 0 aromatic heterocycles. The number of rotatable bonds is 5. The number of hydrogen-bond acceptors (Lipinski definition) is 5. The molecule has 0 bridgehead atoms. The zero-order valence-electron chi connectivity index (χ0n) is 12.5. The molecule has 0 saturated heterocycles. The Bertz CT molecular complexity index is 933. The van der Waals surface area contributed by atoms with Crippen LogP contribution in [0.25, 0.3) is 6.08 Å². The van der Waals surface area contributed by atoms with Gasteiger partial charge in [0.1, 0.15) is 4.91 Å². The van der Waals surface area contributed by atoms with Crippen LogP contribution in [0.2, 0.25) is 5.02 Å². The highest BCUT2D eigenvalue weighted by molar-refractivity contribution is 7.96. The smallest absolute Gasteiger partial charge is 0.276 e. The van der Waals surface area contributed by atoms with Crippen LogP contribution in [0.1, 0.15) is 12.5 Å². The van der Waals surface area contributed by atoms with Crippen LogP contribution >= 0.6 is 11.6 Å². The molecular weight excluding hydrogens is 354 g/mol. The molecule has 0 saturated carbocycles. The van der Waals surface area contributed by atoms with Gasteiger partial charge in [0.25, 0.3) is 5.69 Å². The number of benzene rings is 2. The van der Waals surface area contributed by atoms with E-state index in [1.165, 1.54) is 48.5 Å². The number of nitro benzene ring substituents is 1. The van der Waals surface area contributed by atoms with E-state index in [2.05, 4.69) is 0 Å². The van der Waals surface area contributed by atoms with E-state index in [-0.39, 0.29) is 16.1 Å². The average Bonchev–Trinajstić information content (AvgIpc) is 2.52. The molecule has 0 fully saturated rings. The number of halogens is 1. The van der Waals surface area contributed by atoms with Gasteiger partial charge < -0.3 is 0 Å². The normalized spacial score (nSPS) is 12.0. The second-order valence-electron chi connectivity index (χ2n) is 4.84. The molecule has 2 aromatic carbocycles. The Labute approximate surface area is 143 Å². The Morgan fingerprint density at radius 2 is 1.71 bits per heavy atom. The van der Waals surface area contributed by atoms with Crippen molar-refractivity contribution >= 4 is 39.0 Å². The summed E-state index contributed by atoms with van der Waals surface area (Å²) >= 11 is 5.74. The minimum absolute atomic E-state index is 0.0326. The molecule has 24 heavy (non-hydrogen) atoms. The predicted octanol–water partition coefficient (Wildman–Crippen LogP) is 3.65. The molecule has 0 amide bonds. The number of hydrogen-bond donors (Lipinski definition) is 0. The first-order valence-corrected chi connectivity index (χ1v) is 8.56. The molecule has 0 aliphatic heterocycles. The number of sulfone groups is 1. The summed E-state index contributed by atoms with van der Waals surface area (Å²) in [6, 6.07) is 10.9. The van der Waals surface area contributed by atoms with E-state index in [1.807, 2.05) is 0 Å². The molecule has 6 nitrogen and oxygen atoms in total. The lowest BCUT2D eigenvalue weighted by Gasteiger charge is -2.07. The highest BCUT2D eigenvalue weighted by atomic mass is 35.5. The van der Waals surface area contributed by atoms with Crippen molar-refractivity contribution in [2.75, 3.05) is 0 Å². The number of allylic oxidation sites excluding steroid dienone is 1. The van der Waals surface area contributed by atoms with Crippen molar-refractivity contribution in [3.8, 4) is 0 Å². The quantitative estimate of drug-likeness (QED) is 0.458. The molecule has 0 N–H and O–H groups in total. The molecule has 0 radical (unpaired) electrons. The van der Waals surface area contributed by atoms with Gasteiger partial charge in [-0.2, -0.15) is 0 Å². The molecule has 0 heterocycles. The largest absolute Gasteiger partial charge is 0.294 e. The summed E-state index contributed by atoms with van der Waals surface area (Å²) in [5.74, 6) is -0.719. The van der Waals surface area contributed by atoms with Crippen molar-refractivity contribution in [2.45, 2.75) is 11.8 Å². The zero-order valence-corrected chi connectivity index (χ0v) is 14.0. The summed E-state index contributed by atoms with van der Waals surface area (Å²) in [6.45, 7) is 1.09. The van der Waals surface area contributed by atoms with Crippen LogP contribution in [0.5, 0.6) is 0 Å². The highest BCUT2D eigenvalue weighted by Gasteiger charge is 2.25. The highest BCUT2D eigenvalue weighted by Crippen LogP contribution is 2.27. The van der Waals surface area contributed by atoms with Gasteiger partial charge >= 0.3 is 0 Å². The first kappa shape index (κ1) is 17.8. The Morgan fingerprint density at radius 1 is 1.12 bits per heavy atom. The number of ketones is 1. The summed E-state index contributed by atoms with van der Waals surface area (Å²) in [7, 11) is -4.13. The maximum Gasteiger partial charge on any atom is 0.276 e. The summed E-state index contributed by atoms with van der Waals surface area (Å²) < 4.78 is 25.3. The molecular formula is C16H12ClNO5S. The van der Waals surface area contributed by atoms with Gasteiger partial charge in [0.05, 0.1) is 15.4 Å². The van der Waals surface area contributed by atoms with Crippen molar-refractivity contribution in [3.63, 3.8) is 0 Å². The lowest BCUT2D eigenvalue weighted by atomic mass is 10.1. The van der Waals surface area contributed by atoms with E-state index in [1.54, 1.807) is 0 Å². The van der Waals surface area contributed by atoms with Gasteiger partial charge in [-0.05, 0) is 43.3 Å². The fourth-order valence-electron chi connectivity index (χ4n) is 2.03. The van der Waals surface area contributed by atoms with Crippen LogP contribution in [0.3, 0.4) is 0 Å². The van der Waals surface area contributed by atoms with Gasteiger partial charge in [0, 0.05) is 11.1 Å². The SMILES string of the molecule is CC(=O)C(=Cc1ccccc1[N+](=O)[O-])S(=O)(=O)c1ccc(Cl)cc1. The van der Waals surface area contributed by atoms with Gasteiger partial charge in [-0.15, -0.1) is 0 Å². The third-order valence-corrected chi connectivity index (χ3v) is 5.31. The monoisotopic (exact) mass is 365 g/mol. The molecule has 0 aliphatic rings. The van der Waals surface area contributed by atoms with Crippen LogP contribution in [0.15, 0.2) is 58.3 Å². The van der Waals surface area contributed by atoms with Crippen LogP contribution in [-0.2, 0) is 14.6 Å². The standard InChI is InChI=1S/C16H12ClNO5S/c1-11(19)16(10-12-4-2-3-5-15(12)18(20)21)24(22,23)14-8-6-13(17)7-9-14/h2-10H,1H3. The summed E-state index contributed by atoms with van der Waals surface area (Å²) in [6.07, 6.45) is 1.02. The van der Waals surface area contributed by atoms with Crippen molar-refractivity contribution in [2.24, 2.45) is 0 Å². The number of Topliss-reactive ketones (excluding diaryl/α,β-unsaturated/α-hetero) is 1. The van der Waals surface area contributed by atoms with Gasteiger partial charge in [-0.25, -0.2) is 8.42 Å². The lowest BCUT2D eigenvalue weighted by molar-refractivity contribution is -0.385. The molecule has 0 unspecified atom stereocenters. The Balaban J connectivity index is 2.64. The Hall–Kier alpha value is -2.51. The molecule has 0 aliphatic carbocycles. The second kappa shape index (κ2) is 6.94. The molecule has 2 aromatic rings. The van der Waals surface area contributed by atoms with Gasteiger partial charge in [-0.3, -0.25) is 14.9 Å². The third kappa shape index (κ3) is 3.69. The van der Waals surface area contributed by atoms with Gasteiger partial charge in [0.15, 0.2) is 5.78 Å². The summed E-state index contributed by atoms with van der Waals surface area (Å²) in [5, 5.41) is 11.4. The molecule has 0 atom stereocenters. The molecule has 124 valence electrons. The minimum Gasteiger partial charge on any atom is -0.294 e. The Morgan fingerprint density at radius 3 is 2.25 bits per heavy atom. The third-order valence-electron chi connectivity index (χ3n) is 3.18. The fraction of sp³-hybridized carbons (Fsp3) is 0.0625. The Kier molecular flexibility index (Phi) is 5.16. The van der Waals surface area contributed by atoms with Crippen LogP contribution < -0.4 is 0 Å². The number of nitrogens with zero attached hydrogens (tertiary/aromatic N) is 1. The van der Waals surface area contributed by atoms with Crippen molar-refractivity contribution < 1.29 is 18.1 Å². The fourth-order valence-corrected chi connectivity index (χ4v) is 3.56. The molecule has 2 rings (SSSR count). The minimum atomic E-state index is -4.13. The topological polar surface area (TPSA) is 94.3 Å². The van der Waals surface area contributed by atoms with E-state index < -0.39 is 25.4 Å². The van der Waals surface area contributed by atoms with E-state index in [4.69, 9.17) is 11.6 Å². The second-order valence-corrected chi connectivity index (χ2v) is 7.19. The van der Waals surface area contributed by atoms with E-state index in [9.17, 15) is 23.3 Å². The summed E-state index contributed by atoms with van der Waals surface area (Å²) in [4.78, 5) is 21.6. The average molecular weight is 366 g/mol. The molecule has 0 spiro atoms. The first-order valence-electron chi connectivity index (χ1n) is 6.70. The van der Waals surface area contributed by atoms with Crippen molar-refractivity contribution in [1.29, 1.82) is 0 Å². The predicted molar refractivity (Wildman–Crippen MR) is 90.4 cm³/mol. The number of para-hydroxylation sites is 1. The van der Waals surface area contributed by atoms with Gasteiger partial charge in [-0.1, -0.05) is 23.7 Å². The lowest BCUT2D eigenvalue weighted by Crippen LogP contribution is -2.11. The maximum absolute atomic E-state index is 12.7. The summed E-state index contributed by atoms with van der Waals surface area (Å²) in [5.41, 5.74) is -0.257. The zero-order chi connectivity index (χ0) is 17.9. The van der Waals surface area contributed by atoms with E-state index >= 15 is 0 Å². The van der Waals surface area contributed by atoms with Crippen LogP contribution in [0.4, 0.5) is 5.69 Å². The van der Waals surface area contributed by atoms with Crippen molar-refractivity contribution in [1.82, 2.24) is 0 Å². The van der Waals surface area contributed by atoms with Crippen molar-refractivity contribution in [3.05, 3.63) is 74.1 Å². The number of carbonyl (C=O) groups is 1. The van der Waals surface area contributed by atoms with E-state index in [0.29, 0.717) is 5.02 Å². The van der Waals surface area contributed by atoms with Gasteiger partial charge in [0.2, 0.25) is 9.84 Å². The number of nitro groups is 1. The maximum atomic E-state index is 12.7. The van der Waals surface area contributed by atoms with E-state index in [0.717, 1.165) is 13.0 Å². The number of carbonyl (C=O) groups excluding carboxylic acids is 1. The first-order chi connectivity index (χ1) is 11.2. The molecule has 8 heteroatoms.